The van der Waals surface area contributed by atoms with Gasteiger partial charge in [0.2, 0.25) is 0 Å². The largest absolute Gasteiger partial charge is 0.307 e. The molecule has 0 atom stereocenters. The third-order valence-corrected chi connectivity index (χ3v) is 2.99. The van der Waals surface area contributed by atoms with Gasteiger partial charge in [-0.15, -0.1) is 0 Å². The van der Waals surface area contributed by atoms with Crippen molar-refractivity contribution in [3.8, 4) is 0 Å². The van der Waals surface area contributed by atoms with Gasteiger partial charge in [-0.3, -0.25) is 4.68 Å². The molecule has 1 aromatic heterocycles. The second kappa shape index (κ2) is 5.78. The molecule has 0 radical (unpaired) electrons. The molecule has 0 unspecified atom stereocenters. The number of aromatic nitrogens is 2. The molecule has 0 saturated carbocycles. The van der Waals surface area contributed by atoms with Gasteiger partial charge in [-0.1, -0.05) is 12.1 Å². The monoisotopic (exact) mass is 247 g/mol. The van der Waals surface area contributed by atoms with Crippen LogP contribution in [-0.2, 0) is 19.6 Å². The Morgan fingerprint density at radius 1 is 1.22 bits per heavy atom. The van der Waals surface area contributed by atoms with Crippen molar-refractivity contribution < 1.29 is 4.39 Å². The number of nitrogens with zero attached hydrogens (tertiary/aromatic N) is 2. The Morgan fingerprint density at radius 3 is 2.61 bits per heavy atom. The molecule has 2 rings (SSSR count). The van der Waals surface area contributed by atoms with Crippen molar-refractivity contribution in [2.45, 2.75) is 33.5 Å². The Bertz CT molecular complexity index is 502. The van der Waals surface area contributed by atoms with Gasteiger partial charge in [0, 0.05) is 19.6 Å². The van der Waals surface area contributed by atoms with E-state index in [1.54, 1.807) is 12.1 Å². The number of halogens is 1. The number of rotatable bonds is 5. The van der Waals surface area contributed by atoms with Crippen molar-refractivity contribution >= 4 is 0 Å². The molecule has 3 nitrogen and oxygen atoms in total. The maximum Gasteiger partial charge on any atom is 0.123 e. The highest BCUT2D eigenvalue weighted by Crippen LogP contribution is 2.07. The van der Waals surface area contributed by atoms with Crippen molar-refractivity contribution in [3.63, 3.8) is 0 Å². The molecule has 0 aliphatic carbocycles. The van der Waals surface area contributed by atoms with Gasteiger partial charge < -0.3 is 5.32 Å². The van der Waals surface area contributed by atoms with Gasteiger partial charge in [0.25, 0.3) is 0 Å². The van der Waals surface area contributed by atoms with Crippen molar-refractivity contribution in [2.75, 3.05) is 0 Å². The number of aryl methyl sites for hydroxylation is 2. The fraction of sp³-hybridized carbons (Fsp3) is 0.357. The quantitative estimate of drug-likeness (QED) is 0.880. The number of benzene rings is 1. The topological polar surface area (TPSA) is 29.9 Å². The molecule has 0 fully saturated rings. The van der Waals surface area contributed by atoms with E-state index in [2.05, 4.69) is 24.3 Å². The summed E-state index contributed by atoms with van der Waals surface area (Å²) in [6.07, 6.45) is 1.89. The fourth-order valence-electron chi connectivity index (χ4n) is 1.93. The van der Waals surface area contributed by atoms with Crippen LogP contribution in [0.25, 0.3) is 0 Å². The summed E-state index contributed by atoms with van der Waals surface area (Å²) < 4.78 is 14.7. The first-order valence-electron chi connectivity index (χ1n) is 6.17. The number of nitrogens with one attached hydrogen (secondary N) is 1. The third-order valence-electron chi connectivity index (χ3n) is 2.99. The normalized spacial score (nSPS) is 10.8. The number of hydrogen-bond acceptors (Lipinski definition) is 2. The van der Waals surface area contributed by atoms with Crippen molar-refractivity contribution in [2.24, 2.45) is 0 Å². The lowest BCUT2D eigenvalue weighted by molar-refractivity contribution is 0.579. The maximum absolute atomic E-state index is 12.8. The van der Waals surface area contributed by atoms with Crippen LogP contribution >= 0.6 is 0 Å². The molecule has 0 bridgehead atoms. The molecule has 1 heterocycles. The molecule has 0 amide bonds. The van der Waals surface area contributed by atoms with E-state index in [0.717, 1.165) is 25.2 Å². The summed E-state index contributed by atoms with van der Waals surface area (Å²) in [5.74, 6) is -0.196. The van der Waals surface area contributed by atoms with Gasteiger partial charge in [-0.05, 0) is 37.1 Å². The predicted molar refractivity (Wildman–Crippen MR) is 69.6 cm³/mol. The highest BCUT2D eigenvalue weighted by Gasteiger charge is 2.05. The van der Waals surface area contributed by atoms with Crippen molar-refractivity contribution in [3.05, 3.63) is 53.1 Å². The molecule has 96 valence electrons. The second-order valence-corrected chi connectivity index (χ2v) is 4.32. The van der Waals surface area contributed by atoms with E-state index in [1.807, 2.05) is 10.9 Å². The van der Waals surface area contributed by atoms with Gasteiger partial charge in [-0.2, -0.15) is 5.10 Å². The van der Waals surface area contributed by atoms with Crippen LogP contribution in [0, 0.1) is 12.7 Å². The fourth-order valence-corrected chi connectivity index (χ4v) is 1.93. The lowest BCUT2D eigenvalue weighted by atomic mass is 10.2. The van der Waals surface area contributed by atoms with Gasteiger partial charge in [0.05, 0.1) is 11.9 Å². The summed E-state index contributed by atoms with van der Waals surface area (Å²) in [7, 11) is 0. The first-order valence-corrected chi connectivity index (χ1v) is 6.17. The summed E-state index contributed by atoms with van der Waals surface area (Å²) in [4.78, 5) is 0. The first kappa shape index (κ1) is 12.8. The van der Waals surface area contributed by atoms with E-state index in [-0.39, 0.29) is 5.82 Å². The zero-order valence-corrected chi connectivity index (χ0v) is 10.8. The average Bonchev–Trinajstić information content (AvgIpc) is 2.73. The highest BCUT2D eigenvalue weighted by atomic mass is 19.1. The van der Waals surface area contributed by atoms with Crippen LogP contribution < -0.4 is 5.32 Å². The van der Waals surface area contributed by atoms with Gasteiger partial charge in [0.1, 0.15) is 5.82 Å². The zero-order chi connectivity index (χ0) is 13.0. The van der Waals surface area contributed by atoms with Crippen LogP contribution in [0.2, 0.25) is 0 Å². The summed E-state index contributed by atoms with van der Waals surface area (Å²) in [5.41, 5.74) is 3.49. The van der Waals surface area contributed by atoms with Gasteiger partial charge >= 0.3 is 0 Å². The second-order valence-electron chi connectivity index (χ2n) is 4.32. The Kier molecular flexibility index (Phi) is 4.10. The van der Waals surface area contributed by atoms with E-state index in [0.29, 0.717) is 0 Å². The lowest BCUT2D eigenvalue weighted by Crippen LogP contribution is -2.16. The molecule has 0 aliphatic rings. The minimum Gasteiger partial charge on any atom is -0.307 e. The Hall–Kier alpha value is -1.68. The van der Waals surface area contributed by atoms with E-state index in [9.17, 15) is 4.39 Å². The smallest absolute Gasteiger partial charge is 0.123 e. The molecule has 0 spiro atoms. The summed E-state index contributed by atoms with van der Waals surface area (Å²) >= 11 is 0. The molecule has 18 heavy (non-hydrogen) atoms. The van der Waals surface area contributed by atoms with E-state index >= 15 is 0 Å². The Balaban J connectivity index is 1.92. The molecule has 4 heteroatoms. The molecule has 0 aliphatic heterocycles. The van der Waals surface area contributed by atoms with Crippen LogP contribution in [0.1, 0.15) is 23.7 Å². The number of hydrogen-bond donors (Lipinski definition) is 1. The Labute approximate surface area is 107 Å². The Morgan fingerprint density at radius 2 is 1.94 bits per heavy atom. The molecular formula is C14H18FN3. The minimum absolute atomic E-state index is 0.196. The highest BCUT2D eigenvalue weighted by molar-refractivity contribution is 5.17. The van der Waals surface area contributed by atoms with Crippen LogP contribution in [0.15, 0.2) is 30.5 Å². The van der Waals surface area contributed by atoms with Crippen LogP contribution in [0.4, 0.5) is 4.39 Å². The third kappa shape index (κ3) is 2.96. The standard InChI is InChI=1S/C14H18FN3/c1-3-18-14(11(2)8-17-18)10-16-9-12-4-6-13(15)7-5-12/h4-8,16H,3,9-10H2,1-2H3. The maximum atomic E-state index is 12.8. The minimum atomic E-state index is -0.196. The van der Waals surface area contributed by atoms with E-state index in [1.165, 1.54) is 23.4 Å². The van der Waals surface area contributed by atoms with E-state index in [4.69, 9.17) is 0 Å². The molecular weight excluding hydrogens is 229 g/mol. The summed E-state index contributed by atoms with van der Waals surface area (Å²) in [6, 6.07) is 6.57. The summed E-state index contributed by atoms with van der Waals surface area (Å²) in [6.45, 7) is 6.52. The SMILES string of the molecule is CCn1ncc(C)c1CNCc1ccc(F)cc1. The zero-order valence-electron chi connectivity index (χ0n) is 10.8. The van der Waals surface area contributed by atoms with E-state index < -0.39 is 0 Å². The lowest BCUT2D eigenvalue weighted by Gasteiger charge is -2.08. The molecule has 1 N–H and O–H groups in total. The molecule has 2 aromatic rings. The predicted octanol–water partition coefficient (Wildman–Crippen LogP) is 2.64. The van der Waals surface area contributed by atoms with Crippen LogP contribution in [0.3, 0.4) is 0 Å². The molecule has 1 aromatic carbocycles. The first-order chi connectivity index (χ1) is 8.70. The van der Waals surface area contributed by atoms with Crippen molar-refractivity contribution in [1.82, 2.24) is 15.1 Å². The average molecular weight is 247 g/mol. The summed E-state index contributed by atoms with van der Waals surface area (Å²) in [5, 5.41) is 7.65. The van der Waals surface area contributed by atoms with Gasteiger partial charge in [0.15, 0.2) is 0 Å². The van der Waals surface area contributed by atoms with Gasteiger partial charge in [-0.25, -0.2) is 4.39 Å². The van der Waals surface area contributed by atoms with Crippen molar-refractivity contribution in [1.29, 1.82) is 0 Å². The van der Waals surface area contributed by atoms with Crippen LogP contribution in [-0.4, -0.2) is 9.78 Å². The molecule has 0 saturated heterocycles. The van der Waals surface area contributed by atoms with Crippen LogP contribution in [0.5, 0.6) is 0 Å².